The summed E-state index contributed by atoms with van der Waals surface area (Å²) in [6.45, 7) is 9.77. The van der Waals surface area contributed by atoms with E-state index < -0.39 is 0 Å². The van der Waals surface area contributed by atoms with Gasteiger partial charge >= 0.3 is 5.97 Å². The van der Waals surface area contributed by atoms with Crippen LogP contribution in [0.15, 0.2) is 16.9 Å². The molecule has 0 radical (unpaired) electrons. The van der Waals surface area contributed by atoms with Crippen molar-refractivity contribution in [2.45, 2.75) is 52.2 Å². The number of aromatic nitrogens is 2. The predicted octanol–water partition coefficient (Wildman–Crippen LogP) is 3.09. The van der Waals surface area contributed by atoms with Gasteiger partial charge in [0.2, 0.25) is 0 Å². The molecule has 1 fully saturated rings. The van der Waals surface area contributed by atoms with Gasteiger partial charge < -0.3 is 9.64 Å². The lowest BCUT2D eigenvalue weighted by molar-refractivity contribution is -0.156. The van der Waals surface area contributed by atoms with Gasteiger partial charge in [-0.15, -0.1) is 0 Å². The summed E-state index contributed by atoms with van der Waals surface area (Å²) in [5.41, 5.74) is -0.379. The molecule has 2 rings (SSSR count). The Hall–Kier alpha value is -0.880. The quantitative estimate of drug-likeness (QED) is 0.746. The normalized spacial score (nSPS) is 17.6. The van der Waals surface area contributed by atoms with Crippen LogP contribution in [0.1, 0.15) is 40.0 Å². The van der Waals surface area contributed by atoms with E-state index in [4.69, 9.17) is 4.74 Å². The van der Waals surface area contributed by atoms with Crippen molar-refractivity contribution in [3.8, 4) is 0 Å². The lowest BCUT2D eigenvalue weighted by Gasteiger charge is -2.32. The third-order valence-corrected chi connectivity index (χ3v) is 4.24. The van der Waals surface area contributed by atoms with Crippen LogP contribution in [-0.2, 0) is 16.1 Å². The van der Waals surface area contributed by atoms with Crippen LogP contribution >= 0.6 is 15.9 Å². The Labute approximate surface area is 141 Å². The van der Waals surface area contributed by atoms with Crippen LogP contribution in [-0.4, -0.2) is 45.9 Å². The number of nitrogens with zero attached hydrogens (tertiary/aromatic N) is 3. The fourth-order valence-corrected chi connectivity index (χ4v) is 3.07. The molecule has 1 aliphatic heterocycles. The average molecular weight is 372 g/mol. The van der Waals surface area contributed by atoms with Crippen LogP contribution in [0, 0.1) is 5.92 Å². The standard InChI is InChI=1S/C16H26BrN3O2/c1-16(2,3)22-15(21)10-13-4-6-19(7-5-13)8-9-20-12-14(17)11-18-20/h11-13H,4-10H2,1-3H3. The maximum atomic E-state index is 11.9. The summed E-state index contributed by atoms with van der Waals surface area (Å²) in [4.78, 5) is 14.3. The summed E-state index contributed by atoms with van der Waals surface area (Å²) in [6, 6.07) is 0. The van der Waals surface area contributed by atoms with Crippen molar-refractivity contribution in [1.29, 1.82) is 0 Å². The van der Waals surface area contributed by atoms with E-state index >= 15 is 0 Å². The zero-order valence-corrected chi connectivity index (χ0v) is 15.3. The van der Waals surface area contributed by atoms with Gasteiger partial charge in [0, 0.05) is 19.2 Å². The number of hydrogen-bond donors (Lipinski definition) is 0. The smallest absolute Gasteiger partial charge is 0.306 e. The molecule has 1 aliphatic rings. The molecular weight excluding hydrogens is 346 g/mol. The molecule has 6 heteroatoms. The van der Waals surface area contributed by atoms with E-state index in [2.05, 4.69) is 25.9 Å². The molecule has 0 saturated carbocycles. The first-order valence-electron chi connectivity index (χ1n) is 7.94. The largest absolute Gasteiger partial charge is 0.460 e. The second-order valence-electron chi connectivity index (χ2n) is 7.00. The van der Waals surface area contributed by atoms with Crippen molar-refractivity contribution in [1.82, 2.24) is 14.7 Å². The van der Waals surface area contributed by atoms with Crippen molar-refractivity contribution >= 4 is 21.9 Å². The summed E-state index contributed by atoms with van der Waals surface area (Å²) in [7, 11) is 0. The van der Waals surface area contributed by atoms with Gasteiger partial charge in [0.25, 0.3) is 0 Å². The maximum Gasteiger partial charge on any atom is 0.306 e. The van der Waals surface area contributed by atoms with E-state index in [0.29, 0.717) is 12.3 Å². The minimum absolute atomic E-state index is 0.0626. The van der Waals surface area contributed by atoms with E-state index in [1.54, 1.807) is 0 Å². The Morgan fingerprint density at radius 3 is 2.59 bits per heavy atom. The summed E-state index contributed by atoms with van der Waals surface area (Å²) in [5.74, 6) is 0.400. The van der Waals surface area contributed by atoms with E-state index in [0.717, 1.165) is 43.5 Å². The molecule has 22 heavy (non-hydrogen) atoms. The molecule has 0 N–H and O–H groups in total. The molecular formula is C16H26BrN3O2. The van der Waals surface area contributed by atoms with Crippen LogP contribution in [0.3, 0.4) is 0 Å². The van der Waals surface area contributed by atoms with Crippen LogP contribution in [0.4, 0.5) is 0 Å². The number of ether oxygens (including phenoxy) is 1. The van der Waals surface area contributed by atoms with Gasteiger partial charge in [0.05, 0.1) is 17.2 Å². The molecule has 1 aromatic rings. The third kappa shape index (κ3) is 6.08. The highest BCUT2D eigenvalue weighted by Crippen LogP contribution is 2.22. The number of hydrogen-bond acceptors (Lipinski definition) is 4. The first-order chi connectivity index (χ1) is 10.3. The van der Waals surface area contributed by atoms with Gasteiger partial charge in [-0.3, -0.25) is 9.48 Å². The highest BCUT2D eigenvalue weighted by Gasteiger charge is 2.24. The molecule has 0 atom stereocenters. The SMILES string of the molecule is CC(C)(C)OC(=O)CC1CCN(CCn2cc(Br)cn2)CC1. The van der Waals surface area contributed by atoms with E-state index in [1.165, 1.54) is 0 Å². The molecule has 1 saturated heterocycles. The summed E-state index contributed by atoms with van der Waals surface area (Å²) in [5, 5.41) is 4.27. The van der Waals surface area contributed by atoms with Crippen molar-refractivity contribution in [3.05, 3.63) is 16.9 Å². The van der Waals surface area contributed by atoms with Crippen molar-refractivity contribution in [3.63, 3.8) is 0 Å². The van der Waals surface area contributed by atoms with E-state index in [-0.39, 0.29) is 11.6 Å². The number of likely N-dealkylation sites (tertiary alicyclic amines) is 1. The van der Waals surface area contributed by atoms with Crippen molar-refractivity contribution in [2.75, 3.05) is 19.6 Å². The van der Waals surface area contributed by atoms with Crippen molar-refractivity contribution < 1.29 is 9.53 Å². The summed E-state index contributed by atoms with van der Waals surface area (Å²) in [6.07, 6.45) is 6.50. The van der Waals surface area contributed by atoms with Crippen LogP contribution in [0.5, 0.6) is 0 Å². The molecule has 0 bridgehead atoms. The highest BCUT2D eigenvalue weighted by atomic mass is 79.9. The molecule has 1 aromatic heterocycles. The van der Waals surface area contributed by atoms with Gasteiger partial charge in [-0.05, 0) is 68.6 Å². The first kappa shape index (κ1) is 17.5. The molecule has 5 nitrogen and oxygen atoms in total. The Kier molecular flexibility index (Phi) is 6.03. The molecule has 0 aromatic carbocycles. The average Bonchev–Trinajstić information content (AvgIpc) is 2.81. The summed E-state index contributed by atoms with van der Waals surface area (Å²) < 4.78 is 8.38. The number of rotatable bonds is 5. The first-order valence-corrected chi connectivity index (χ1v) is 8.73. The highest BCUT2D eigenvalue weighted by molar-refractivity contribution is 9.10. The number of piperidine rings is 1. The van der Waals surface area contributed by atoms with Crippen LogP contribution in [0.25, 0.3) is 0 Å². The van der Waals surface area contributed by atoms with E-state index in [1.807, 2.05) is 37.8 Å². The molecule has 0 unspecified atom stereocenters. The predicted molar refractivity (Wildman–Crippen MR) is 89.6 cm³/mol. The fourth-order valence-electron chi connectivity index (χ4n) is 2.74. The minimum atomic E-state index is -0.379. The monoisotopic (exact) mass is 371 g/mol. The van der Waals surface area contributed by atoms with Crippen LogP contribution < -0.4 is 0 Å². The van der Waals surface area contributed by atoms with Gasteiger partial charge in [-0.2, -0.15) is 5.10 Å². The molecule has 0 amide bonds. The number of carbonyl (C=O) groups excluding carboxylic acids is 1. The molecule has 2 heterocycles. The third-order valence-electron chi connectivity index (χ3n) is 3.83. The molecule has 124 valence electrons. The second-order valence-corrected chi connectivity index (χ2v) is 7.91. The Morgan fingerprint density at radius 2 is 2.05 bits per heavy atom. The lowest BCUT2D eigenvalue weighted by atomic mass is 9.93. The zero-order valence-electron chi connectivity index (χ0n) is 13.7. The van der Waals surface area contributed by atoms with Gasteiger partial charge in [0.15, 0.2) is 0 Å². The second kappa shape index (κ2) is 7.59. The van der Waals surface area contributed by atoms with Crippen molar-refractivity contribution in [2.24, 2.45) is 5.92 Å². The topological polar surface area (TPSA) is 47.4 Å². The van der Waals surface area contributed by atoms with Gasteiger partial charge in [0.1, 0.15) is 5.60 Å². The van der Waals surface area contributed by atoms with Gasteiger partial charge in [-0.25, -0.2) is 0 Å². The fraction of sp³-hybridized carbons (Fsp3) is 0.750. The molecule has 0 aliphatic carbocycles. The Balaban J connectivity index is 1.66. The summed E-state index contributed by atoms with van der Waals surface area (Å²) >= 11 is 3.41. The van der Waals surface area contributed by atoms with Gasteiger partial charge in [-0.1, -0.05) is 0 Å². The maximum absolute atomic E-state index is 11.9. The zero-order chi connectivity index (χ0) is 16.2. The lowest BCUT2D eigenvalue weighted by Crippen LogP contribution is -2.37. The minimum Gasteiger partial charge on any atom is -0.460 e. The molecule has 0 spiro atoms. The van der Waals surface area contributed by atoms with E-state index in [9.17, 15) is 4.79 Å². The number of esters is 1. The Bertz CT molecular complexity index is 488. The Morgan fingerprint density at radius 1 is 1.36 bits per heavy atom. The number of halogens is 1. The number of carbonyl (C=O) groups is 1. The van der Waals surface area contributed by atoms with Crippen LogP contribution in [0.2, 0.25) is 0 Å².